The van der Waals surface area contributed by atoms with Gasteiger partial charge in [0.2, 0.25) is 0 Å². The standard InChI is InChI=1S/C40H64O16S/c1-19-28(42)30(44)31(45)33(52-19)54-32-29(43)23(56-57(48,49)50)18-51-34(32)53-27-13-16-38(6)22-17-26(41)40-21(20(22)9-11-24(38)37(27,4)5)10-12-25(40)39(7,55-35(40)46)15-8-14-36(2,3)47/h17,19-21,23-34,41-45,47H,8-16,18H2,1-7H3,(H,48,49,50)/t19-,20?,21?,23-,24?,25-,26+,27?,28-,29+,30+,31-,32-,33-,34+,38-,39+,40?/m1/s1. The zero-order chi connectivity index (χ0) is 41.8. The summed E-state index contributed by atoms with van der Waals surface area (Å²) < 4.78 is 67.7. The van der Waals surface area contributed by atoms with Crippen molar-refractivity contribution in [2.24, 2.45) is 39.9 Å². The van der Waals surface area contributed by atoms with Crippen LogP contribution in [-0.2, 0) is 43.1 Å². The molecule has 3 saturated carbocycles. The van der Waals surface area contributed by atoms with Crippen molar-refractivity contribution in [1.29, 1.82) is 0 Å². The summed E-state index contributed by atoms with van der Waals surface area (Å²) in [5.74, 6) is -0.370. The van der Waals surface area contributed by atoms with E-state index in [9.17, 15) is 48.4 Å². The molecule has 16 nitrogen and oxygen atoms in total. The van der Waals surface area contributed by atoms with Crippen LogP contribution in [0.15, 0.2) is 11.6 Å². The van der Waals surface area contributed by atoms with E-state index in [4.69, 9.17) is 23.7 Å². The van der Waals surface area contributed by atoms with Crippen LogP contribution in [0.5, 0.6) is 0 Å². The summed E-state index contributed by atoms with van der Waals surface area (Å²) in [4.78, 5) is 14.1. The number of hydrogen-bond acceptors (Lipinski definition) is 15. The molecule has 0 radical (unpaired) electrons. The molecule has 326 valence electrons. The fourth-order valence-electron chi connectivity index (χ4n) is 12.7. The Hall–Kier alpha value is -1.32. The third-order valence-corrected chi connectivity index (χ3v) is 15.9. The minimum atomic E-state index is -5.02. The van der Waals surface area contributed by atoms with Gasteiger partial charge in [-0.2, -0.15) is 8.42 Å². The Morgan fingerprint density at radius 2 is 1.58 bits per heavy atom. The number of fused-ring (bicyclic) bond motifs is 4. The summed E-state index contributed by atoms with van der Waals surface area (Å²) in [6.45, 7) is 13.0. The van der Waals surface area contributed by atoms with Crippen LogP contribution in [-0.4, -0.2) is 135 Å². The first-order chi connectivity index (χ1) is 26.3. The topological polar surface area (TPSA) is 248 Å². The quantitative estimate of drug-likeness (QED) is 0.0719. The molecule has 5 unspecified atom stereocenters. The maximum atomic E-state index is 14.1. The predicted molar refractivity (Wildman–Crippen MR) is 199 cm³/mol. The van der Waals surface area contributed by atoms with Gasteiger partial charge in [0.05, 0.1) is 30.5 Å². The van der Waals surface area contributed by atoms with Gasteiger partial charge in [-0.15, -0.1) is 0 Å². The van der Waals surface area contributed by atoms with Crippen molar-refractivity contribution in [1.82, 2.24) is 0 Å². The van der Waals surface area contributed by atoms with Crippen LogP contribution < -0.4 is 0 Å². The molecule has 0 aromatic heterocycles. The molecule has 3 heterocycles. The van der Waals surface area contributed by atoms with Crippen molar-refractivity contribution >= 4 is 16.4 Å². The third-order valence-electron chi connectivity index (χ3n) is 15.4. The first-order valence-electron chi connectivity index (χ1n) is 20.7. The Morgan fingerprint density at radius 1 is 0.895 bits per heavy atom. The van der Waals surface area contributed by atoms with Crippen molar-refractivity contribution < 1.29 is 76.3 Å². The van der Waals surface area contributed by atoms with Gasteiger partial charge in [-0.3, -0.25) is 9.35 Å². The summed E-state index contributed by atoms with van der Waals surface area (Å²) in [6, 6.07) is 0. The van der Waals surface area contributed by atoms with E-state index in [2.05, 4.69) is 25.0 Å². The van der Waals surface area contributed by atoms with Crippen LogP contribution in [0.4, 0.5) is 0 Å². The molecule has 17 heteroatoms. The number of cyclic esters (lactones) is 1. The molecule has 0 amide bonds. The van der Waals surface area contributed by atoms with Crippen molar-refractivity contribution in [3.63, 3.8) is 0 Å². The van der Waals surface area contributed by atoms with Crippen LogP contribution in [0.3, 0.4) is 0 Å². The van der Waals surface area contributed by atoms with E-state index in [1.54, 1.807) is 13.8 Å². The normalized spacial score (nSPS) is 49.6. The van der Waals surface area contributed by atoms with Gasteiger partial charge in [-0.25, -0.2) is 4.18 Å². The van der Waals surface area contributed by atoms with Crippen molar-refractivity contribution in [2.75, 3.05) is 6.61 Å². The summed E-state index contributed by atoms with van der Waals surface area (Å²) in [6.07, 6.45) is -6.86. The Labute approximate surface area is 335 Å². The van der Waals surface area contributed by atoms with Crippen LogP contribution in [0.2, 0.25) is 0 Å². The average Bonchev–Trinajstić information content (AvgIpc) is 3.61. The van der Waals surface area contributed by atoms with Crippen molar-refractivity contribution in [3.8, 4) is 0 Å². The summed E-state index contributed by atoms with van der Waals surface area (Å²) in [5, 5.41) is 65.2. The lowest BCUT2D eigenvalue weighted by Gasteiger charge is -2.62. The fraction of sp³-hybridized carbons (Fsp3) is 0.925. The Kier molecular flexibility index (Phi) is 11.5. The van der Waals surface area contributed by atoms with Crippen LogP contribution in [0.25, 0.3) is 0 Å². The highest BCUT2D eigenvalue weighted by molar-refractivity contribution is 7.80. The second-order valence-corrected chi connectivity index (χ2v) is 20.8. The second kappa shape index (κ2) is 14.9. The van der Waals surface area contributed by atoms with Crippen molar-refractivity contribution in [3.05, 3.63) is 11.6 Å². The van der Waals surface area contributed by atoms with Gasteiger partial charge >= 0.3 is 16.4 Å². The molecule has 0 aromatic rings. The third kappa shape index (κ3) is 7.35. The number of allylic oxidation sites excluding steroid dienone is 1. The molecule has 3 aliphatic heterocycles. The largest absolute Gasteiger partial charge is 0.459 e. The van der Waals surface area contributed by atoms with Gasteiger partial charge in [-0.1, -0.05) is 32.4 Å². The number of ether oxygens (including phenoxy) is 5. The number of aliphatic hydroxyl groups is 6. The minimum absolute atomic E-state index is 0.0526. The molecule has 1 spiro atoms. The van der Waals surface area contributed by atoms with E-state index >= 15 is 0 Å². The Balaban J connectivity index is 1.11. The summed E-state index contributed by atoms with van der Waals surface area (Å²) in [5.41, 5.74) is -2.27. The molecular weight excluding hydrogens is 768 g/mol. The fourth-order valence-corrected chi connectivity index (χ4v) is 13.2. The first kappa shape index (κ1) is 43.8. The highest BCUT2D eigenvalue weighted by atomic mass is 32.3. The van der Waals surface area contributed by atoms with Gasteiger partial charge in [0.1, 0.15) is 47.6 Å². The monoisotopic (exact) mass is 832 g/mol. The van der Waals surface area contributed by atoms with Crippen LogP contribution >= 0.6 is 0 Å². The number of rotatable bonds is 10. The average molecular weight is 833 g/mol. The number of esters is 1. The summed E-state index contributed by atoms with van der Waals surface area (Å²) in [7, 11) is -5.02. The molecule has 18 atom stereocenters. The van der Waals surface area contributed by atoms with E-state index < -0.39 is 107 Å². The molecule has 0 bridgehead atoms. The zero-order valence-electron chi connectivity index (χ0n) is 34.0. The molecule has 0 aromatic carbocycles. The number of carbonyl (C=O) groups is 1. The zero-order valence-corrected chi connectivity index (χ0v) is 34.8. The molecule has 3 saturated heterocycles. The molecular formula is C40H64O16S. The maximum Gasteiger partial charge on any atom is 0.397 e. The first-order valence-corrected chi connectivity index (χ1v) is 22.0. The van der Waals surface area contributed by atoms with Gasteiger partial charge in [0, 0.05) is 5.92 Å². The van der Waals surface area contributed by atoms with E-state index in [1.165, 1.54) is 12.5 Å². The molecule has 7 rings (SSSR count). The van der Waals surface area contributed by atoms with Crippen molar-refractivity contribution in [2.45, 2.75) is 185 Å². The van der Waals surface area contributed by atoms with Gasteiger partial charge in [0.25, 0.3) is 0 Å². The van der Waals surface area contributed by atoms with E-state index in [0.29, 0.717) is 32.1 Å². The smallest absolute Gasteiger partial charge is 0.397 e. The highest BCUT2D eigenvalue weighted by Crippen LogP contribution is 2.71. The summed E-state index contributed by atoms with van der Waals surface area (Å²) >= 11 is 0. The van der Waals surface area contributed by atoms with Crippen LogP contribution in [0, 0.1) is 39.9 Å². The number of hydrogen-bond donors (Lipinski definition) is 7. The Morgan fingerprint density at radius 3 is 2.25 bits per heavy atom. The van der Waals surface area contributed by atoms with Gasteiger partial charge < -0.3 is 54.3 Å². The minimum Gasteiger partial charge on any atom is -0.459 e. The predicted octanol–water partition coefficient (Wildman–Crippen LogP) is 1.91. The number of aliphatic hydroxyl groups excluding tert-OH is 5. The van der Waals surface area contributed by atoms with Gasteiger partial charge in [0.15, 0.2) is 12.6 Å². The van der Waals surface area contributed by atoms with Crippen LogP contribution in [0.1, 0.15) is 106 Å². The lowest BCUT2D eigenvalue weighted by atomic mass is 9.43. The molecule has 7 N–H and O–H groups in total. The molecule has 57 heavy (non-hydrogen) atoms. The molecule has 4 aliphatic carbocycles. The highest BCUT2D eigenvalue weighted by Gasteiger charge is 2.74. The maximum absolute atomic E-state index is 14.1. The molecule has 6 fully saturated rings. The number of carbonyl (C=O) groups excluding carboxylic acids is 1. The van der Waals surface area contributed by atoms with Gasteiger partial charge in [-0.05, 0) is 114 Å². The lowest BCUT2D eigenvalue weighted by molar-refractivity contribution is -0.362. The second-order valence-electron chi connectivity index (χ2n) is 19.8. The van der Waals surface area contributed by atoms with E-state index in [1.807, 2.05) is 13.0 Å². The lowest BCUT2D eigenvalue weighted by Crippen LogP contribution is -2.63. The van der Waals surface area contributed by atoms with E-state index in [-0.39, 0.29) is 35.1 Å². The van der Waals surface area contributed by atoms with E-state index in [0.717, 1.165) is 25.7 Å². The molecule has 7 aliphatic rings. The Bertz CT molecular complexity index is 1660. The SMILES string of the molecule is C[C@H]1O[C@H](O[C@H]2[C@H](OC3CC[C@]4(C)C5=C[C@H](O)C67C(=O)O[C@@](C)(CCCC(C)(C)O)[C@H]6CCC7C5CCC4C3(C)C)OC[C@@H](OS(=O)(=O)O)[C@@H]2O)[C@H](O)[C@@H](O)[C@@H]1O.